The van der Waals surface area contributed by atoms with E-state index in [0.717, 1.165) is 6.07 Å². The molecule has 3 rings (SSSR count). The Morgan fingerprint density at radius 2 is 1.91 bits per heavy atom. The van der Waals surface area contributed by atoms with E-state index in [1.54, 1.807) is 51.0 Å². The molecule has 9 nitrogen and oxygen atoms in total. The van der Waals surface area contributed by atoms with Crippen molar-refractivity contribution in [2.24, 2.45) is 7.05 Å². The molecular formula is C23H27F2N5O4. The van der Waals surface area contributed by atoms with E-state index in [2.05, 4.69) is 15.4 Å². The minimum atomic E-state index is -1.12. The molecule has 0 fully saturated rings. The molecule has 0 unspecified atom stereocenters. The molecule has 0 bridgehead atoms. The van der Waals surface area contributed by atoms with E-state index in [1.807, 2.05) is 0 Å². The average Bonchev–Trinajstić information content (AvgIpc) is 3.15. The Morgan fingerprint density at radius 3 is 2.53 bits per heavy atom. The highest BCUT2D eigenvalue weighted by molar-refractivity contribution is 5.85. The Kier molecular flexibility index (Phi) is 7.35. The Bertz CT molecular complexity index is 1190. The van der Waals surface area contributed by atoms with E-state index in [-0.39, 0.29) is 24.5 Å². The third-order valence-corrected chi connectivity index (χ3v) is 4.50. The van der Waals surface area contributed by atoms with Crippen molar-refractivity contribution >= 4 is 17.5 Å². The SMILES string of the molecule is COc1c(N)cc(COCc2cc(NC(=O)OC(C)(C)C)cc(F)c2F)cc1-c1ncn(C)n1. The van der Waals surface area contributed by atoms with E-state index in [4.69, 9.17) is 19.9 Å². The van der Waals surface area contributed by atoms with Crippen LogP contribution in [0.3, 0.4) is 0 Å². The molecule has 182 valence electrons. The number of rotatable bonds is 7. The summed E-state index contributed by atoms with van der Waals surface area (Å²) in [6.45, 7) is 4.86. The normalized spacial score (nSPS) is 11.4. The number of hydrogen-bond donors (Lipinski definition) is 2. The molecule has 11 heteroatoms. The summed E-state index contributed by atoms with van der Waals surface area (Å²) in [6.07, 6.45) is 0.763. The largest absolute Gasteiger partial charge is 0.494 e. The zero-order chi connectivity index (χ0) is 25.0. The standard InChI is InChI=1S/C23H27F2N5O4/c1-23(2,3)34-22(31)28-15-8-14(19(25)17(24)9-15)11-33-10-13-6-16(20(32-5)18(26)7-13)21-27-12-30(4)29-21/h6-9,12H,10-11,26H2,1-5H3,(H,28,31). The van der Waals surface area contributed by atoms with Gasteiger partial charge in [-0.15, -0.1) is 0 Å². The predicted molar refractivity (Wildman–Crippen MR) is 122 cm³/mol. The monoisotopic (exact) mass is 475 g/mol. The number of nitrogen functional groups attached to an aromatic ring is 1. The van der Waals surface area contributed by atoms with Crippen molar-refractivity contribution in [2.45, 2.75) is 39.6 Å². The number of nitrogens with zero attached hydrogens (tertiary/aromatic N) is 3. The van der Waals surface area contributed by atoms with Gasteiger partial charge in [-0.2, -0.15) is 5.10 Å². The maximum atomic E-state index is 14.3. The van der Waals surface area contributed by atoms with Gasteiger partial charge in [0.25, 0.3) is 0 Å². The predicted octanol–water partition coefficient (Wildman–Crippen LogP) is 4.41. The van der Waals surface area contributed by atoms with Crippen LogP contribution in [0.15, 0.2) is 30.6 Å². The van der Waals surface area contributed by atoms with Gasteiger partial charge >= 0.3 is 6.09 Å². The number of amides is 1. The second-order valence-electron chi connectivity index (χ2n) is 8.56. The van der Waals surface area contributed by atoms with Crippen molar-refractivity contribution in [3.8, 4) is 17.1 Å². The molecule has 0 aliphatic heterocycles. The van der Waals surface area contributed by atoms with Crippen molar-refractivity contribution in [1.29, 1.82) is 0 Å². The number of ether oxygens (including phenoxy) is 3. The van der Waals surface area contributed by atoms with Crippen LogP contribution in [0, 0.1) is 11.6 Å². The molecule has 3 N–H and O–H groups in total. The zero-order valence-electron chi connectivity index (χ0n) is 19.6. The number of methoxy groups -OCH3 is 1. The molecule has 0 aliphatic carbocycles. The van der Waals surface area contributed by atoms with Crippen LogP contribution in [0.5, 0.6) is 5.75 Å². The number of carbonyl (C=O) groups excluding carboxylic acids is 1. The minimum Gasteiger partial charge on any atom is -0.494 e. The molecule has 0 radical (unpaired) electrons. The molecule has 2 aromatic carbocycles. The highest BCUT2D eigenvalue weighted by atomic mass is 19.2. The maximum absolute atomic E-state index is 14.3. The lowest BCUT2D eigenvalue weighted by atomic mass is 10.1. The summed E-state index contributed by atoms with van der Waals surface area (Å²) in [5.74, 6) is -1.35. The van der Waals surface area contributed by atoms with Crippen LogP contribution in [0.2, 0.25) is 0 Å². The van der Waals surface area contributed by atoms with Crippen molar-refractivity contribution in [1.82, 2.24) is 14.8 Å². The van der Waals surface area contributed by atoms with E-state index < -0.39 is 23.3 Å². The summed E-state index contributed by atoms with van der Waals surface area (Å²) in [4.78, 5) is 16.2. The summed E-state index contributed by atoms with van der Waals surface area (Å²) < 4.78 is 46.1. The fraction of sp³-hybridized carbons (Fsp3) is 0.348. The first-order chi connectivity index (χ1) is 16.0. The highest BCUT2D eigenvalue weighted by Crippen LogP contribution is 2.34. The summed E-state index contributed by atoms with van der Waals surface area (Å²) in [6, 6.07) is 5.57. The summed E-state index contributed by atoms with van der Waals surface area (Å²) >= 11 is 0. The summed E-state index contributed by atoms with van der Waals surface area (Å²) in [5.41, 5.74) is 6.93. The Labute approximate surface area is 195 Å². The third-order valence-electron chi connectivity index (χ3n) is 4.50. The van der Waals surface area contributed by atoms with Gasteiger partial charge in [0.1, 0.15) is 11.9 Å². The van der Waals surface area contributed by atoms with Gasteiger partial charge in [0.15, 0.2) is 23.2 Å². The third kappa shape index (κ3) is 6.19. The van der Waals surface area contributed by atoms with Crippen molar-refractivity contribution < 1.29 is 27.8 Å². The van der Waals surface area contributed by atoms with Crippen LogP contribution in [-0.4, -0.2) is 33.6 Å². The molecule has 0 saturated heterocycles. The number of nitrogens with two attached hydrogens (primary N) is 1. The van der Waals surface area contributed by atoms with Crippen LogP contribution in [0.25, 0.3) is 11.4 Å². The number of aryl methyl sites for hydroxylation is 1. The molecule has 0 spiro atoms. The lowest BCUT2D eigenvalue weighted by Gasteiger charge is -2.20. The van der Waals surface area contributed by atoms with Crippen LogP contribution < -0.4 is 15.8 Å². The van der Waals surface area contributed by atoms with Gasteiger partial charge in [0.05, 0.1) is 31.6 Å². The van der Waals surface area contributed by atoms with Gasteiger partial charge in [-0.25, -0.2) is 18.6 Å². The van der Waals surface area contributed by atoms with E-state index in [9.17, 15) is 13.6 Å². The Hall–Kier alpha value is -3.73. The van der Waals surface area contributed by atoms with Crippen molar-refractivity contribution in [3.05, 3.63) is 53.4 Å². The van der Waals surface area contributed by atoms with Crippen LogP contribution >= 0.6 is 0 Å². The van der Waals surface area contributed by atoms with Crippen molar-refractivity contribution in [3.63, 3.8) is 0 Å². The molecule has 0 aliphatic rings. The fourth-order valence-corrected chi connectivity index (χ4v) is 3.18. The number of carbonyl (C=O) groups is 1. The van der Waals surface area contributed by atoms with E-state index in [0.29, 0.717) is 28.4 Å². The zero-order valence-corrected chi connectivity index (χ0v) is 19.6. The smallest absolute Gasteiger partial charge is 0.412 e. The molecular weight excluding hydrogens is 448 g/mol. The van der Waals surface area contributed by atoms with Gasteiger partial charge in [-0.1, -0.05) is 0 Å². The van der Waals surface area contributed by atoms with Crippen LogP contribution in [-0.2, 0) is 29.7 Å². The molecule has 1 aromatic heterocycles. The first-order valence-electron chi connectivity index (χ1n) is 10.3. The van der Waals surface area contributed by atoms with Crippen LogP contribution in [0.1, 0.15) is 31.9 Å². The number of benzene rings is 2. The molecule has 1 heterocycles. The maximum Gasteiger partial charge on any atom is 0.412 e. The van der Waals surface area contributed by atoms with Gasteiger partial charge < -0.3 is 19.9 Å². The van der Waals surface area contributed by atoms with Gasteiger partial charge in [-0.3, -0.25) is 10.00 Å². The molecule has 0 saturated carbocycles. The van der Waals surface area contributed by atoms with E-state index >= 15 is 0 Å². The second-order valence-corrected chi connectivity index (χ2v) is 8.56. The molecule has 34 heavy (non-hydrogen) atoms. The second kappa shape index (κ2) is 10.0. The lowest BCUT2D eigenvalue weighted by Crippen LogP contribution is -2.27. The Balaban J connectivity index is 1.74. The van der Waals surface area contributed by atoms with Gasteiger partial charge in [-0.05, 0) is 44.5 Å². The Morgan fingerprint density at radius 1 is 1.18 bits per heavy atom. The van der Waals surface area contributed by atoms with Gasteiger partial charge in [0, 0.05) is 24.4 Å². The average molecular weight is 475 g/mol. The first-order valence-corrected chi connectivity index (χ1v) is 10.3. The first kappa shape index (κ1) is 24.9. The number of anilines is 2. The lowest BCUT2D eigenvalue weighted by molar-refractivity contribution is 0.0635. The quantitative estimate of drug-likeness (QED) is 0.487. The molecule has 3 aromatic rings. The van der Waals surface area contributed by atoms with Crippen molar-refractivity contribution in [2.75, 3.05) is 18.2 Å². The van der Waals surface area contributed by atoms with Crippen LogP contribution in [0.4, 0.5) is 25.0 Å². The summed E-state index contributed by atoms with van der Waals surface area (Å²) in [5, 5.41) is 6.66. The highest BCUT2D eigenvalue weighted by Gasteiger charge is 2.19. The summed E-state index contributed by atoms with van der Waals surface area (Å²) in [7, 11) is 3.22. The molecule has 1 amide bonds. The number of nitrogens with one attached hydrogen (secondary N) is 1. The number of aromatic nitrogens is 3. The number of halogens is 2. The van der Waals surface area contributed by atoms with E-state index in [1.165, 1.54) is 13.2 Å². The van der Waals surface area contributed by atoms with Gasteiger partial charge in [0.2, 0.25) is 0 Å². The number of hydrogen-bond acceptors (Lipinski definition) is 7. The molecule has 0 atom stereocenters. The minimum absolute atomic E-state index is 0.0405. The topological polar surface area (TPSA) is 114 Å². The fourth-order valence-electron chi connectivity index (χ4n) is 3.18.